The van der Waals surface area contributed by atoms with Gasteiger partial charge in [0.2, 0.25) is 0 Å². The second-order valence-electron chi connectivity index (χ2n) is 10.3. The van der Waals surface area contributed by atoms with Crippen LogP contribution >= 0.6 is 0 Å². The van der Waals surface area contributed by atoms with Gasteiger partial charge in [0.1, 0.15) is 0 Å². The Labute approximate surface area is 194 Å². The van der Waals surface area contributed by atoms with Crippen molar-refractivity contribution in [3.05, 3.63) is 35.4 Å². The highest BCUT2D eigenvalue weighted by atomic mass is 19.4. The largest absolute Gasteiger partial charge is 0.481 e. The fraction of sp³-hybridized carbons (Fsp3) is 0.731. The van der Waals surface area contributed by atoms with Gasteiger partial charge in [0.05, 0.1) is 24.2 Å². The zero-order valence-corrected chi connectivity index (χ0v) is 19.2. The van der Waals surface area contributed by atoms with Crippen LogP contribution in [0.4, 0.5) is 13.2 Å². The van der Waals surface area contributed by atoms with E-state index in [2.05, 4.69) is 4.90 Å². The summed E-state index contributed by atoms with van der Waals surface area (Å²) in [4.78, 5) is 13.9. The van der Waals surface area contributed by atoms with E-state index in [9.17, 15) is 23.1 Å². The highest BCUT2D eigenvalue weighted by molar-refractivity contribution is 5.67. The maximum Gasteiger partial charge on any atom is 0.416 e. The molecule has 1 heterocycles. The van der Waals surface area contributed by atoms with E-state index >= 15 is 0 Å². The summed E-state index contributed by atoms with van der Waals surface area (Å²) in [5.74, 6) is 0.422. The first-order chi connectivity index (χ1) is 15.8. The standard InChI is InChI=1S/C26H36F3NO3/c27-26(28,29)21-11-9-20(10-12-21)25-23(14-13-22(33-25)15-24(31)32)30(16-18-5-1-2-6-18)17-19-7-3-4-8-19/h9-12,18-19,22-23,25H,1-8,13-17H2,(H,31,32)/t22-,23-,25+/m1/s1. The number of carboxylic acid groups (broad SMARTS) is 1. The van der Waals surface area contributed by atoms with Gasteiger partial charge in [-0.25, -0.2) is 0 Å². The van der Waals surface area contributed by atoms with Gasteiger partial charge in [-0.05, 0) is 68.1 Å². The number of alkyl halides is 3. The van der Waals surface area contributed by atoms with Crippen molar-refractivity contribution in [2.45, 2.75) is 95.1 Å². The molecule has 0 amide bonds. The molecule has 184 valence electrons. The van der Waals surface area contributed by atoms with Crippen LogP contribution in [0, 0.1) is 11.8 Å². The molecule has 0 unspecified atom stereocenters. The second kappa shape index (κ2) is 10.8. The quantitative estimate of drug-likeness (QED) is 0.477. The van der Waals surface area contributed by atoms with Crippen LogP contribution in [0.15, 0.2) is 24.3 Å². The summed E-state index contributed by atoms with van der Waals surface area (Å²) < 4.78 is 45.7. The van der Waals surface area contributed by atoms with Gasteiger partial charge in [0, 0.05) is 19.1 Å². The number of ether oxygens (including phenoxy) is 1. The third kappa shape index (κ3) is 6.50. The Kier molecular flexibility index (Phi) is 8.00. The van der Waals surface area contributed by atoms with Crippen molar-refractivity contribution in [2.24, 2.45) is 11.8 Å². The van der Waals surface area contributed by atoms with Crippen LogP contribution in [0.2, 0.25) is 0 Å². The number of carboxylic acids is 1. The number of halogens is 3. The Bertz CT molecular complexity index is 752. The van der Waals surface area contributed by atoms with E-state index in [1.807, 2.05) is 0 Å². The molecule has 1 N–H and O–H groups in total. The molecule has 0 spiro atoms. The van der Waals surface area contributed by atoms with E-state index in [1.165, 1.54) is 63.5 Å². The summed E-state index contributed by atoms with van der Waals surface area (Å²) in [6, 6.07) is 5.34. The number of rotatable bonds is 8. The summed E-state index contributed by atoms with van der Waals surface area (Å²) in [6.07, 6.45) is 6.23. The number of nitrogens with zero attached hydrogens (tertiary/aromatic N) is 1. The Morgan fingerprint density at radius 2 is 1.45 bits per heavy atom. The van der Waals surface area contributed by atoms with Crippen LogP contribution in [-0.2, 0) is 15.7 Å². The Balaban J connectivity index is 1.58. The third-order valence-electron chi connectivity index (χ3n) is 7.85. The average Bonchev–Trinajstić information content (AvgIpc) is 3.47. The van der Waals surface area contributed by atoms with Crippen molar-refractivity contribution in [3.63, 3.8) is 0 Å². The lowest BCUT2D eigenvalue weighted by molar-refractivity contribution is -0.148. The van der Waals surface area contributed by atoms with Crippen LogP contribution in [0.5, 0.6) is 0 Å². The van der Waals surface area contributed by atoms with Crippen molar-refractivity contribution in [2.75, 3.05) is 13.1 Å². The van der Waals surface area contributed by atoms with Gasteiger partial charge in [0.25, 0.3) is 0 Å². The maximum absolute atomic E-state index is 13.1. The molecule has 2 aliphatic carbocycles. The molecule has 7 heteroatoms. The van der Waals surface area contributed by atoms with Crippen molar-refractivity contribution < 1.29 is 27.8 Å². The minimum absolute atomic E-state index is 0.0629. The first-order valence-electron chi connectivity index (χ1n) is 12.6. The van der Waals surface area contributed by atoms with Crippen molar-refractivity contribution >= 4 is 5.97 Å². The van der Waals surface area contributed by atoms with E-state index in [4.69, 9.17) is 4.74 Å². The predicted molar refractivity (Wildman–Crippen MR) is 120 cm³/mol. The SMILES string of the molecule is O=C(O)C[C@H]1CC[C@@H](N(CC2CCCC2)CC2CCCC2)[C@H](c2ccc(C(F)(F)F)cc2)O1. The number of aliphatic carboxylic acids is 1. The number of hydrogen-bond donors (Lipinski definition) is 1. The molecule has 0 aromatic heterocycles. The summed E-state index contributed by atoms with van der Waals surface area (Å²) >= 11 is 0. The van der Waals surface area contributed by atoms with E-state index in [-0.39, 0.29) is 12.5 Å². The zero-order chi connectivity index (χ0) is 23.4. The van der Waals surface area contributed by atoms with Gasteiger partial charge in [-0.2, -0.15) is 13.2 Å². The molecule has 4 nitrogen and oxygen atoms in total. The van der Waals surface area contributed by atoms with E-state index < -0.39 is 29.9 Å². The van der Waals surface area contributed by atoms with Crippen LogP contribution in [-0.4, -0.2) is 41.2 Å². The molecule has 1 saturated heterocycles. The van der Waals surface area contributed by atoms with Crippen LogP contribution < -0.4 is 0 Å². The second-order valence-corrected chi connectivity index (χ2v) is 10.3. The highest BCUT2D eigenvalue weighted by Crippen LogP contribution is 2.40. The summed E-state index contributed by atoms with van der Waals surface area (Å²) in [5, 5.41) is 9.29. The number of hydrogen-bond acceptors (Lipinski definition) is 3. The topological polar surface area (TPSA) is 49.8 Å². The Morgan fingerprint density at radius 3 is 1.94 bits per heavy atom. The molecular weight excluding hydrogens is 431 g/mol. The maximum atomic E-state index is 13.1. The van der Waals surface area contributed by atoms with E-state index in [0.29, 0.717) is 23.8 Å². The molecule has 1 aromatic carbocycles. The molecule has 0 radical (unpaired) electrons. The normalized spacial score (nSPS) is 27.5. The first kappa shape index (κ1) is 24.5. The average molecular weight is 468 g/mol. The predicted octanol–water partition coefficient (Wildman–Crippen LogP) is 6.45. The number of carbonyl (C=O) groups is 1. The molecule has 3 fully saturated rings. The molecular formula is C26H36F3NO3. The minimum Gasteiger partial charge on any atom is -0.481 e. The summed E-state index contributed by atoms with van der Waals surface area (Å²) in [5.41, 5.74) is 0.0420. The zero-order valence-electron chi connectivity index (χ0n) is 19.2. The Hall–Kier alpha value is -1.60. The number of benzene rings is 1. The fourth-order valence-electron chi connectivity index (χ4n) is 6.15. The van der Waals surface area contributed by atoms with Gasteiger partial charge in [0.15, 0.2) is 0 Å². The molecule has 0 bridgehead atoms. The lowest BCUT2D eigenvalue weighted by atomic mass is 9.89. The highest BCUT2D eigenvalue weighted by Gasteiger charge is 2.39. The lowest BCUT2D eigenvalue weighted by Crippen LogP contribution is -2.48. The van der Waals surface area contributed by atoms with Crippen molar-refractivity contribution in [1.29, 1.82) is 0 Å². The van der Waals surface area contributed by atoms with Gasteiger partial charge in [-0.15, -0.1) is 0 Å². The minimum atomic E-state index is -4.38. The first-order valence-corrected chi connectivity index (χ1v) is 12.6. The molecule has 1 aromatic rings. The van der Waals surface area contributed by atoms with E-state index in [0.717, 1.165) is 31.6 Å². The fourth-order valence-corrected chi connectivity index (χ4v) is 6.15. The molecule has 33 heavy (non-hydrogen) atoms. The summed E-state index contributed by atoms with van der Waals surface area (Å²) in [6.45, 7) is 2.01. The summed E-state index contributed by atoms with van der Waals surface area (Å²) in [7, 11) is 0. The lowest BCUT2D eigenvalue weighted by Gasteiger charge is -2.44. The third-order valence-corrected chi connectivity index (χ3v) is 7.85. The molecule has 4 rings (SSSR count). The van der Waals surface area contributed by atoms with Crippen molar-refractivity contribution in [3.8, 4) is 0 Å². The molecule has 1 aliphatic heterocycles. The van der Waals surface area contributed by atoms with Gasteiger partial charge in [-0.1, -0.05) is 37.8 Å². The smallest absolute Gasteiger partial charge is 0.416 e. The monoisotopic (exact) mass is 467 g/mol. The van der Waals surface area contributed by atoms with Gasteiger partial charge < -0.3 is 9.84 Å². The van der Waals surface area contributed by atoms with Crippen molar-refractivity contribution in [1.82, 2.24) is 4.90 Å². The van der Waals surface area contributed by atoms with Crippen LogP contribution in [0.25, 0.3) is 0 Å². The Morgan fingerprint density at radius 1 is 0.909 bits per heavy atom. The molecule has 3 aliphatic rings. The molecule has 2 saturated carbocycles. The van der Waals surface area contributed by atoms with Crippen LogP contribution in [0.3, 0.4) is 0 Å². The van der Waals surface area contributed by atoms with Crippen LogP contribution in [0.1, 0.15) is 87.9 Å². The van der Waals surface area contributed by atoms with Gasteiger partial charge in [-0.3, -0.25) is 9.69 Å². The van der Waals surface area contributed by atoms with Gasteiger partial charge >= 0.3 is 12.1 Å². The van der Waals surface area contributed by atoms with E-state index in [1.54, 1.807) is 0 Å². The molecule has 3 atom stereocenters.